The first-order valence-corrected chi connectivity index (χ1v) is 9.13. The summed E-state index contributed by atoms with van der Waals surface area (Å²) >= 11 is 0. The zero-order chi connectivity index (χ0) is 19.7. The molecule has 7 nitrogen and oxygen atoms in total. The predicted octanol–water partition coefficient (Wildman–Crippen LogP) is 2.59. The van der Waals surface area contributed by atoms with Gasteiger partial charge in [0, 0.05) is 17.7 Å². The van der Waals surface area contributed by atoms with E-state index in [-0.39, 0.29) is 11.6 Å². The number of hydrogen-bond acceptors (Lipinski definition) is 5. The SMILES string of the molecule is COc1ccc(C(=O)N/N=C2/C(=O)N(CC3CC3)c3ccccc32)cc1OC. The van der Waals surface area contributed by atoms with E-state index in [9.17, 15) is 9.59 Å². The molecule has 144 valence electrons. The third-order valence-corrected chi connectivity index (χ3v) is 4.95. The van der Waals surface area contributed by atoms with Gasteiger partial charge >= 0.3 is 0 Å². The zero-order valence-electron chi connectivity index (χ0n) is 15.8. The summed E-state index contributed by atoms with van der Waals surface area (Å²) in [6.45, 7) is 0.693. The summed E-state index contributed by atoms with van der Waals surface area (Å²) in [7, 11) is 3.03. The number of methoxy groups -OCH3 is 2. The van der Waals surface area contributed by atoms with E-state index in [1.165, 1.54) is 14.2 Å². The van der Waals surface area contributed by atoms with Gasteiger partial charge < -0.3 is 14.4 Å². The number of hydrogen-bond donors (Lipinski definition) is 1. The molecule has 2 aromatic rings. The number of nitrogens with zero attached hydrogens (tertiary/aromatic N) is 2. The van der Waals surface area contributed by atoms with Crippen LogP contribution < -0.4 is 19.8 Å². The lowest BCUT2D eigenvalue weighted by atomic mass is 10.1. The van der Waals surface area contributed by atoms with E-state index in [4.69, 9.17) is 9.47 Å². The van der Waals surface area contributed by atoms with Crippen molar-refractivity contribution in [2.75, 3.05) is 25.7 Å². The van der Waals surface area contributed by atoms with Crippen LogP contribution in [0.4, 0.5) is 5.69 Å². The highest BCUT2D eigenvalue weighted by atomic mass is 16.5. The Hall–Kier alpha value is -3.35. The number of fused-ring (bicyclic) bond motifs is 1. The molecule has 1 N–H and O–H groups in total. The minimum absolute atomic E-state index is 0.180. The maximum atomic E-state index is 12.9. The number of hydrazone groups is 1. The highest BCUT2D eigenvalue weighted by Crippen LogP contribution is 2.36. The van der Waals surface area contributed by atoms with Gasteiger partial charge in [-0.1, -0.05) is 18.2 Å². The molecule has 0 atom stereocenters. The molecule has 1 heterocycles. The van der Waals surface area contributed by atoms with Gasteiger partial charge in [-0.05, 0) is 43.0 Å². The van der Waals surface area contributed by atoms with Crippen LogP contribution in [0, 0.1) is 5.92 Å². The Morgan fingerprint density at radius 1 is 1.14 bits per heavy atom. The zero-order valence-corrected chi connectivity index (χ0v) is 15.8. The van der Waals surface area contributed by atoms with Gasteiger partial charge in [0.2, 0.25) is 0 Å². The number of carbonyl (C=O) groups is 2. The van der Waals surface area contributed by atoms with Gasteiger partial charge in [-0.2, -0.15) is 5.10 Å². The molecule has 1 aliphatic heterocycles. The molecule has 0 unspecified atom stereocenters. The Morgan fingerprint density at radius 3 is 2.61 bits per heavy atom. The van der Waals surface area contributed by atoms with Gasteiger partial charge in [-0.3, -0.25) is 9.59 Å². The van der Waals surface area contributed by atoms with E-state index in [0.717, 1.165) is 24.1 Å². The normalized spacial score (nSPS) is 16.9. The molecule has 1 fully saturated rings. The van der Waals surface area contributed by atoms with Crippen molar-refractivity contribution in [1.29, 1.82) is 0 Å². The van der Waals surface area contributed by atoms with Crippen molar-refractivity contribution in [3.05, 3.63) is 53.6 Å². The van der Waals surface area contributed by atoms with E-state index in [1.54, 1.807) is 23.1 Å². The van der Waals surface area contributed by atoms with Crippen molar-refractivity contribution < 1.29 is 19.1 Å². The van der Waals surface area contributed by atoms with Gasteiger partial charge in [0.15, 0.2) is 17.2 Å². The largest absolute Gasteiger partial charge is 0.493 e. The highest BCUT2D eigenvalue weighted by Gasteiger charge is 2.37. The summed E-state index contributed by atoms with van der Waals surface area (Å²) in [5.41, 5.74) is 4.69. The summed E-state index contributed by atoms with van der Waals surface area (Å²) in [6, 6.07) is 12.3. The summed E-state index contributed by atoms with van der Waals surface area (Å²) < 4.78 is 10.4. The van der Waals surface area contributed by atoms with Crippen molar-refractivity contribution in [3.8, 4) is 11.5 Å². The third-order valence-electron chi connectivity index (χ3n) is 4.95. The summed E-state index contributed by atoms with van der Waals surface area (Å²) in [4.78, 5) is 27.1. The molecule has 1 saturated carbocycles. The fourth-order valence-electron chi connectivity index (χ4n) is 3.26. The second kappa shape index (κ2) is 7.34. The monoisotopic (exact) mass is 379 g/mol. The molecular formula is C21H21N3O4. The fraction of sp³-hybridized carbons (Fsp3) is 0.286. The predicted molar refractivity (Wildman–Crippen MR) is 105 cm³/mol. The number of nitrogens with one attached hydrogen (secondary N) is 1. The number of rotatable bonds is 6. The average molecular weight is 379 g/mol. The Morgan fingerprint density at radius 2 is 1.89 bits per heavy atom. The average Bonchev–Trinajstić information content (AvgIpc) is 3.51. The number of carbonyl (C=O) groups excluding carboxylic acids is 2. The molecule has 28 heavy (non-hydrogen) atoms. The lowest BCUT2D eigenvalue weighted by molar-refractivity contribution is -0.112. The summed E-state index contributed by atoms with van der Waals surface area (Å²) in [5, 5.41) is 4.15. The highest BCUT2D eigenvalue weighted by molar-refractivity contribution is 6.54. The first kappa shape index (κ1) is 18.0. The molecule has 2 amide bonds. The standard InChI is InChI=1S/C21H21N3O4/c1-27-17-10-9-14(11-18(17)28-2)20(25)23-22-19-15-5-3-4-6-16(15)24(21(19)26)12-13-7-8-13/h3-6,9-11,13H,7-8,12H2,1-2H3,(H,23,25)/b22-19+. The first-order valence-electron chi connectivity index (χ1n) is 9.13. The smallest absolute Gasteiger partial charge is 0.279 e. The molecule has 0 radical (unpaired) electrons. The number of ether oxygens (including phenoxy) is 2. The third kappa shape index (κ3) is 3.31. The van der Waals surface area contributed by atoms with Crippen LogP contribution in [0.1, 0.15) is 28.8 Å². The van der Waals surface area contributed by atoms with Crippen LogP contribution >= 0.6 is 0 Å². The molecule has 2 aromatic carbocycles. The van der Waals surface area contributed by atoms with Crippen LogP contribution in [0.2, 0.25) is 0 Å². The molecule has 0 saturated heterocycles. The van der Waals surface area contributed by atoms with Crippen molar-refractivity contribution in [2.24, 2.45) is 11.0 Å². The van der Waals surface area contributed by atoms with E-state index < -0.39 is 5.91 Å². The van der Waals surface area contributed by atoms with Crippen molar-refractivity contribution >= 4 is 23.2 Å². The van der Waals surface area contributed by atoms with Gasteiger partial charge in [0.1, 0.15) is 0 Å². The van der Waals surface area contributed by atoms with E-state index in [2.05, 4.69) is 10.5 Å². The maximum Gasteiger partial charge on any atom is 0.279 e. The number of anilines is 1. The van der Waals surface area contributed by atoms with Crippen molar-refractivity contribution in [3.63, 3.8) is 0 Å². The quantitative estimate of drug-likeness (QED) is 0.783. The summed E-state index contributed by atoms with van der Waals surface area (Å²) in [6.07, 6.45) is 2.29. The van der Waals surface area contributed by atoms with Crippen LogP contribution in [0.3, 0.4) is 0 Å². The topological polar surface area (TPSA) is 80.2 Å². The van der Waals surface area contributed by atoms with E-state index >= 15 is 0 Å². The molecule has 0 aromatic heterocycles. The van der Waals surface area contributed by atoms with Crippen LogP contribution in [-0.2, 0) is 4.79 Å². The molecule has 0 spiro atoms. The first-order chi connectivity index (χ1) is 13.6. The molecule has 1 aliphatic carbocycles. The Balaban J connectivity index is 1.57. The lowest BCUT2D eigenvalue weighted by Crippen LogP contribution is -2.33. The number of para-hydroxylation sites is 1. The maximum absolute atomic E-state index is 12.9. The molecule has 2 aliphatic rings. The molecule has 4 rings (SSSR count). The summed E-state index contributed by atoms with van der Waals surface area (Å²) in [5.74, 6) is 0.916. The minimum atomic E-state index is -0.431. The fourth-order valence-corrected chi connectivity index (χ4v) is 3.26. The van der Waals surface area contributed by atoms with Crippen LogP contribution in [0.15, 0.2) is 47.6 Å². The van der Waals surface area contributed by atoms with Crippen LogP contribution in [-0.4, -0.2) is 38.3 Å². The van der Waals surface area contributed by atoms with Gasteiger partial charge in [-0.15, -0.1) is 0 Å². The number of benzene rings is 2. The van der Waals surface area contributed by atoms with Gasteiger partial charge in [0.25, 0.3) is 11.8 Å². The molecule has 0 bridgehead atoms. The molecular weight excluding hydrogens is 358 g/mol. The Kier molecular flexibility index (Phi) is 4.73. The van der Waals surface area contributed by atoms with Crippen molar-refractivity contribution in [2.45, 2.75) is 12.8 Å². The molecule has 7 heteroatoms. The van der Waals surface area contributed by atoms with Gasteiger partial charge in [-0.25, -0.2) is 5.43 Å². The Bertz CT molecular complexity index is 966. The number of amides is 2. The van der Waals surface area contributed by atoms with E-state index in [1.807, 2.05) is 24.3 Å². The van der Waals surface area contributed by atoms with Crippen molar-refractivity contribution in [1.82, 2.24) is 5.43 Å². The van der Waals surface area contributed by atoms with Crippen LogP contribution in [0.5, 0.6) is 11.5 Å². The second-order valence-electron chi connectivity index (χ2n) is 6.85. The second-order valence-corrected chi connectivity index (χ2v) is 6.85. The van der Waals surface area contributed by atoms with Gasteiger partial charge in [0.05, 0.1) is 19.9 Å². The van der Waals surface area contributed by atoms with E-state index in [0.29, 0.717) is 29.5 Å². The minimum Gasteiger partial charge on any atom is -0.493 e. The lowest BCUT2D eigenvalue weighted by Gasteiger charge is -2.15. The van der Waals surface area contributed by atoms with Crippen LogP contribution in [0.25, 0.3) is 0 Å². The Labute approximate surface area is 162 Å².